The van der Waals surface area contributed by atoms with Crippen LogP contribution in [0.3, 0.4) is 0 Å². The highest BCUT2D eigenvalue weighted by atomic mass is 35.5. The molecule has 2 atom stereocenters. The van der Waals surface area contributed by atoms with E-state index in [0.29, 0.717) is 12.5 Å². The molecule has 16 heavy (non-hydrogen) atoms. The number of ether oxygens (including phenoxy) is 1. The molecule has 2 unspecified atom stereocenters. The van der Waals surface area contributed by atoms with E-state index < -0.39 is 0 Å². The van der Waals surface area contributed by atoms with Crippen LogP contribution in [0.5, 0.6) is 0 Å². The van der Waals surface area contributed by atoms with Gasteiger partial charge in [-0.25, -0.2) is 0 Å². The van der Waals surface area contributed by atoms with Gasteiger partial charge in [0.05, 0.1) is 0 Å². The number of nitrogens with two attached hydrogens (primary N) is 1. The molecule has 0 aromatic heterocycles. The van der Waals surface area contributed by atoms with Crippen molar-refractivity contribution in [2.75, 3.05) is 26.7 Å². The minimum Gasteiger partial charge on any atom is -0.372 e. The van der Waals surface area contributed by atoms with Gasteiger partial charge in [-0.05, 0) is 31.7 Å². The molecule has 1 rings (SSSR count). The summed E-state index contributed by atoms with van der Waals surface area (Å²) in [5.74, 6) is 0.593. The minimum atomic E-state index is -0.276. The zero-order valence-electron chi connectivity index (χ0n) is 10.1. The second kappa shape index (κ2) is 7.87. The largest absolute Gasteiger partial charge is 0.372 e. The van der Waals surface area contributed by atoms with Crippen LogP contribution in [0.4, 0.5) is 0 Å². The molecule has 0 saturated carbocycles. The fourth-order valence-corrected chi connectivity index (χ4v) is 2.10. The first-order valence-corrected chi connectivity index (χ1v) is 5.74. The highest BCUT2D eigenvalue weighted by Gasteiger charge is 2.27. The van der Waals surface area contributed by atoms with Gasteiger partial charge in [0.2, 0.25) is 0 Å². The molecule has 1 aliphatic rings. The number of methoxy groups -OCH3 is 1. The number of hydrogen-bond acceptors (Lipinski definition) is 3. The van der Waals surface area contributed by atoms with Crippen molar-refractivity contribution in [1.29, 1.82) is 0 Å². The number of nitrogens with zero attached hydrogens (tertiary/aromatic N) is 1. The van der Waals surface area contributed by atoms with Gasteiger partial charge in [-0.15, -0.1) is 12.4 Å². The van der Waals surface area contributed by atoms with Crippen molar-refractivity contribution in [2.45, 2.75) is 32.3 Å². The smallest absolute Gasteiger partial charge is 0.251 e. The lowest BCUT2D eigenvalue weighted by atomic mass is 9.98. The maximum Gasteiger partial charge on any atom is 0.251 e. The number of amides is 1. The van der Waals surface area contributed by atoms with Crippen LogP contribution in [-0.2, 0) is 9.53 Å². The van der Waals surface area contributed by atoms with Crippen molar-refractivity contribution in [1.82, 2.24) is 4.90 Å². The number of hydrogen-bond donors (Lipinski definition) is 1. The highest BCUT2D eigenvalue weighted by molar-refractivity contribution is 5.85. The Morgan fingerprint density at radius 1 is 1.62 bits per heavy atom. The summed E-state index contributed by atoms with van der Waals surface area (Å²) >= 11 is 0. The molecular weight excluding hydrogens is 228 g/mol. The Balaban J connectivity index is 0.00000225. The number of rotatable bonds is 4. The maximum absolute atomic E-state index is 12.0. The predicted octanol–water partition coefficient (Wildman–Crippen LogP) is 1.03. The Kier molecular flexibility index (Phi) is 7.72. The third-order valence-corrected chi connectivity index (χ3v) is 3.09. The van der Waals surface area contributed by atoms with Gasteiger partial charge in [0.1, 0.15) is 6.10 Å². The van der Waals surface area contributed by atoms with E-state index in [0.717, 1.165) is 32.4 Å². The van der Waals surface area contributed by atoms with E-state index in [2.05, 4.69) is 0 Å². The Morgan fingerprint density at radius 3 is 2.81 bits per heavy atom. The minimum absolute atomic E-state index is 0. The average Bonchev–Trinajstić information content (AvgIpc) is 2.30. The van der Waals surface area contributed by atoms with E-state index in [1.807, 2.05) is 11.8 Å². The number of piperidine rings is 1. The summed E-state index contributed by atoms with van der Waals surface area (Å²) in [4.78, 5) is 13.9. The van der Waals surface area contributed by atoms with Crippen LogP contribution in [0.1, 0.15) is 26.2 Å². The molecule has 5 heteroatoms. The van der Waals surface area contributed by atoms with Crippen LogP contribution in [0.2, 0.25) is 0 Å². The number of likely N-dealkylation sites (tertiary alicyclic amines) is 1. The van der Waals surface area contributed by atoms with Crippen molar-refractivity contribution in [2.24, 2.45) is 11.7 Å². The van der Waals surface area contributed by atoms with Gasteiger partial charge < -0.3 is 15.4 Å². The third kappa shape index (κ3) is 3.92. The molecule has 1 fully saturated rings. The van der Waals surface area contributed by atoms with Crippen LogP contribution in [-0.4, -0.2) is 43.7 Å². The van der Waals surface area contributed by atoms with Crippen molar-refractivity contribution in [3.8, 4) is 0 Å². The van der Waals surface area contributed by atoms with Crippen molar-refractivity contribution in [3.63, 3.8) is 0 Å². The van der Waals surface area contributed by atoms with E-state index in [4.69, 9.17) is 10.5 Å². The Hall–Kier alpha value is -0.320. The fourth-order valence-electron chi connectivity index (χ4n) is 2.10. The summed E-state index contributed by atoms with van der Waals surface area (Å²) in [6, 6.07) is 0. The Labute approximate surface area is 104 Å². The van der Waals surface area contributed by atoms with Crippen LogP contribution < -0.4 is 5.73 Å². The molecule has 0 aromatic rings. The second-order valence-corrected chi connectivity index (χ2v) is 4.16. The summed E-state index contributed by atoms with van der Waals surface area (Å²) in [6.07, 6.45) is 2.67. The second-order valence-electron chi connectivity index (χ2n) is 4.16. The summed E-state index contributed by atoms with van der Waals surface area (Å²) < 4.78 is 5.16. The molecule has 0 aliphatic carbocycles. The Bertz CT molecular complexity index is 210. The monoisotopic (exact) mass is 250 g/mol. The van der Waals surface area contributed by atoms with E-state index in [9.17, 15) is 4.79 Å². The molecular formula is C11H23ClN2O2. The van der Waals surface area contributed by atoms with Crippen molar-refractivity contribution >= 4 is 18.3 Å². The van der Waals surface area contributed by atoms with Crippen LogP contribution in [0.15, 0.2) is 0 Å². The van der Waals surface area contributed by atoms with E-state index >= 15 is 0 Å². The third-order valence-electron chi connectivity index (χ3n) is 3.09. The molecule has 96 valence electrons. The SMILES string of the molecule is CCC(OC)C(=O)N1CCCC(CN)C1.Cl. The van der Waals surface area contributed by atoms with Gasteiger partial charge in [0, 0.05) is 20.2 Å². The van der Waals surface area contributed by atoms with Crippen LogP contribution in [0.25, 0.3) is 0 Å². The van der Waals surface area contributed by atoms with Gasteiger partial charge in [-0.3, -0.25) is 4.79 Å². The zero-order valence-corrected chi connectivity index (χ0v) is 11.0. The summed E-state index contributed by atoms with van der Waals surface area (Å²) in [7, 11) is 1.59. The topological polar surface area (TPSA) is 55.6 Å². The summed E-state index contributed by atoms with van der Waals surface area (Å²) in [5, 5.41) is 0. The molecule has 1 amide bonds. The normalized spacial score (nSPS) is 22.4. The van der Waals surface area contributed by atoms with Crippen LogP contribution >= 0.6 is 12.4 Å². The molecule has 2 N–H and O–H groups in total. The lowest BCUT2D eigenvalue weighted by molar-refractivity contribution is -0.143. The predicted molar refractivity (Wildman–Crippen MR) is 66.7 cm³/mol. The van der Waals surface area contributed by atoms with E-state index in [-0.39, 0.29) is 24.4 Å². The van der Waals surface area contributed by atoms with E-state index in [1.165, 1.54) is 0 Å². The van der Waals surface area contributed by atoms with E-state index in [1.54, 1.807) is 7.11 Å². The molecule has 1 saturated heterocycles. The van der Waals surface area contributed by atoms with Gasteiger partial charge in [-0.2, -0.15) is 0 Å². The highest BCUT2D eigenvalue weighted by Crippen LogP contribution is 2.17. The maximum atomic E-state index is 12.0. The van der Waals surface area contributed by atoms with Gasteiger partial charge in [0.15, 0.2) is 0 Å². The Morgan fingerprint density at radius 2 is 2.31 bits per heavy atom. The number of halogens is 1. The first-order valence-electron chi connectivity index (χ1n) is 5.74. The average molecular weight is 251 g/mol. The zero-order chi connectivity index (χ0) is 11.3. The summed E-state index contributed by atoms with van der Waals surface area (Å²) in [5.41, 5.74) is 5.64. The molecule has 4 nitrogen and oxygen atoms in total. The molecule has 0 spiro atoms. The van der Waals surface area contributed by atoms with Crippen molar-refractivity contribution in [3.05, 3.63) is 0 Å². The molecule has 0 bridgehead atoms. The number of carbonyl (C=O) groups is 1. The molecule has 1 heterocycles. The standard InChI is InChI=1S/C11H22N2O2.ClH/c1-3-10(15-2)11(14)13-6-4-5-9(7-12)8-13;/h9-10H,3-8,12H2,1-2H3;1H. The first-order chi connectivity index (χ1) is 7.22. The summed E-state index contributed by atoms with van der Waals surface area (Å²) in [6.45, 7) is 4.30. The lowest BCUT2D eigenvalue weighted by Gasteiger charge is -2.34. The molecule has 1 aliphatic heterocycles. The van der Waals surface area contributed by atoms with Gasteiger partial charge >= 0.3 is 0 Å². The first kappa shape index (κ1) is 15.7. The quantitative estimate of drug-likeness (QED) is 0.811. The molecule has 0 radical (unpaired) electrons. The van der Waals surface area contributed by atoms with Gasteiger partial charge in [-0.1, -0.05) is 6.92 Å². The van der Waals surface area contributed by atoms with Crippen molar-refractivity contribution < 1.29 is 9.53 Å². The fraction of sp³-hybridized carbons (Fsp3) is 0.909. The van der Waals surface area contributed by atoms with Crippen LogP contribution in [0, 0.1) is 5.92 Å². The molecule has 0 aromatic carbocycles. The number of carbonyl (C=O) groups excluding carboxylic acids is 1. The lowest BCUT2D eigenvalue weighted by Crippen LogP contribution is -2.46. The van der Waals surface area contributed by atoms with Gasteiger partial charge in [0.25, 0.3) is 5.91 Å².